The molecule has 0 aromatic heterocycles. The largest absolute Gasteiger partial charge is 0.348 e. The van der Waals surface area contributed by atoms with Crippen molar-refractivity contribution in [3.8, 4) is 0 Å². The minimum Gasteiger partial charge on any atom is -0.348 e. The molecule has 0 spiro atoms. The maximum atomic E-state index is 10.6. The molecule has 0 bridgehead atoms. The van der Waals surface area contributed by atoms with E-state index in [1.54, 1.807) is 0 Å². The van der Waals surface area contributed by atoms with Gasteiger partial charge in [-0.1, -0.05) is 0 Å². The quantitative estimate of drug-likeness (QED) is 0.506. The van der Waals surface area contributed by atoms with E-state index in [9.17, 15) is 14.4 Å². The summed E-state index contributed by atoms with van der Waals surface area (Å²) >= 11 is 9.31. The van der Waals surface area contributed by atoms with E-state index < -0.39 is 24.3 Å². The van der Waals surface area contributed by atoms with Crippen molar-refractivity contribution in [3.63, 3.8) is 0 Å². The van der Waals surface area contributed by atoms with Gasteiger partial charge < -0.3 is 13.4 Å². The Morgan fingerprint density at radius 2 is 1.92 bits per heavy atom. The summed E-state index contributed by atoms with van der Waals surface area (Å²) < 4.78 is 7.40. The molecule has 0 aliphatic rings. The Balaban J connectivity index is 4.08. The topological polar surface area (TPSA) is 69.7 Å². The van der Waals surface area contributed by atoms with Crippen LogP contribution >= 0.6 is 23.7 Å². The monoisotopic (exact) mass is 214 g/mol. The lowest BCUT2D eigenvalue weighted by molar-refractivity contribution is -0.146. The smallest absolute Gasteiger partial charge is 0.335 e. The molecule has 1 atom stereocenters. The Morgan fingerprint density at radius 1 is 1.33 bits per heavy atom. The molecule has 0 aromatic carbocycles. The van der Waals surface area contributed by atoms with E-state index in [1.807, 2.05) is 0 Å². The van der Waals surface area contributed by atoms with Crippen LogP contribution in [0.4, 0.5) is 0 Å². The summed E-state index contributed by atoms with van der Waals surface area (Å²) in [4.78, 5) is 31.1. The van der Waals surface area contributed by atoms with Gasteiger partial charge in [-0.05, 0) is 0 Å². The number of hydrogen-bond donors (Lipinski definition) is 0. The van der Waals surface area contributed by atoms with Gasteiger partial charge in [-0.3, -0.25) is 4.79 Å². The van der Waals surface area contributed by atoms with Crippen LogP contribution in [0.3, 0.4) is 0 Å². The second-order valence-corrected chi connectivity index (χ2v) is 2.10. The summed E-state index contributed by atoms with van der Waals surface area (Å²) in [7, 11) is 0. The summed E-state index contributed by atoms with van der Waals surface area (Å²) in [6, 6.07) is 0. The Labute approximate surface area is 77.9 Å². The summed E-state index contributed by atoms with van der Waals surface area (Å²) in [5.41, 5.74) is 0. The van der Waals surface area contributed by atoms with Crippen LogP contribution in [0.5, 0.6) is 0 Å². The zero-order valence-corrected chi connectivity index (χ0v) is 7.17. The van der Waals surface area contributed by atoms with Gasteiger partial charge in [-0.15, -0.1) is 0 Å². The van der Waals surface area contributed by atoms with Gasteiger partial charge in [0.15, 0.2) is 0 Å². The highest BCUT2D eigenvalue weighted by Gasteiger charge is 2.23. The summed E-state index contributed by atoms with van der Waals surface area (Å²) in [6.07, 6.45) is -0.267. The van der Waals surface area contributed by atoms with Crippen molar-refractivity contribution in [1.29, 1.82) is 0 Å². The molecular formula is C5H4Cl2O5. The predicted molar refractivity (Wildman–Crippen MR) is 38.1 cm³/mol. The van der Waals surface area contributed by atoms with Crippen LogP contribution in [0.25, 0.3) is 0 Å². The first-order valence-corrected chi connectivity index (χ1v) is 3.36. The van der Waals surface area contributed by atoms with Crippen molar-refractivity contribution in [1.82, 2.24) is 0 Å². The Bertz CT molecular complexity index is 192. The third kappa shape index (κ3) is 3.54. The fraction of sp³-hybridized carbons (Fsp3) is 0.400. The number of halogens is 2. The molecule has 0 fully saturated rings. The van der Waals surface area contributed by atoms with Crippen LogP contribution in [-0.4, -0.2) is 18.2 Å². The molecule has 0 aromatic rings. The standard InChI is InChI=1S/C5H4Cl2O5/c6-11-4(9)1-3(2-8)5(10)12-7/h2-3H,1H2. The summed E-state index contributed by atoms with van der Waals surface area (Å²) in [5, 5.41) is 0. The second-order valence-electron chi connectivity index (χ2n) is 1.79. The van der Waals surface area contributed by atoms with Crippen LogP contribution in [0.15, 0.2) is 0 Å². The van der Waals surface area contributed by atoms with Crippen LogP contribution < -0.4 is 0 Å². The van der Waals surface area contributed by atoms with Gasteiger partial charge in [0.05, 0.1) is 6.42 Å². The van der Waals surface area contributed by atoms with Gasteiger partial charge in [0.1, 0.15) is 35.9 Å². The van der Waals surface area contributed by atoms with Gasteiger partial charge in [0, 0.05) is 0 Å². The maximum Gasteiger partial charge on any atom is 0.335 e. The highest BCUT2D eigenvalue weighted by atomic mass is 35.5. The van der Waals surface area contributed by atoms with Crippen molar-refractivity contribution >= 4 is 42.0 Å². The third-order valence-corrected chi connectivity index (χ3v) is 1.34. The fourth-order valence-electron chi connectivity index (χ4n) is 0.455. The first-order valence-electron chi connectivity index (χ1n) is 2.74. The molecule has 0 saturated heterocycles. The number of rotatable bonds is 4. The van der Waals surface area contributed by atoms with Crippen LogP contribution in [0, 0.1) is 5.92 Å². The van der Waals surface area contributed by atoms with Gasteiger partial charge in [-0.25, -0.2) is 4.79 Å². The normalized spacial score (nSPS) is 11.5. The number of carbonyl (C=O) groups is 3. The van der Waals surface area contributed by atoms with Gasteiger partial charge in [0.2, 0.25) is 0 Å². The van der Waals surface area contributed by atoms with E-state index in [4.69, 9.17) is 0 Å². The van der Waals surface area contributed by atoms with Crippen LogP contribution in [0.2, 0.25) is 0 Å². The van der Waals surface area contributed by atoms with E-state index in [0.29, 0.717) is 0 Å². The predicted octanol–water partition coefficient (Wildman–Crippen LogP) is 0.586. The molecule has 0 N–H and O–H groups in total. The molecule has 0 radical (unpaired) electrons. The molecule has 0 heterocycles. The minimum absolute atomic E-state index is 0.221. The van der Waals surface area contributed by atoms with E-state index in [1.165, 1.54) is 0 Å². The Kier molecular flexibility index (Phi) is 5.40. The molecule has 7 heteroatoms. The summed E-state index contributed by atoms with van der Waals surface area (Å²) in [5.74, 6) is -3.20. The van der Waals surface area contributed by atoms with Crippen LogP contribution in [0.1, 0.15) is 6.42 Å². The number of carbonyl (C=O) groups excluding carboxylic acids is 3. The SMILES string of the molecule is O=CC(CC(=O)OCl)C(=O)OCl. The van der Waals surface area contributed by atoms with E-state index in [0.717, 1.165) is 0 Å². The lowest BCUT2D eigenvalue weighted by Crippen LogP contribution is -2.19. The zero-order valence-electron chi connectivity index (χ0n) is 5.66. The Morgan fingerprint density at radius 3 is 2.25 bits per heavy atom. The molecule has 0 rings (SSSR count). The maximum absolute atomic E-state index is 10.6. The molecule has 0 saturated carbocycles. The van der Waals surface area contributed by atoms with Crippen molar-refractivity contribution in [2.75, 3.05) is 0 Å². The van der Waals surface area contributed by atoms with E-state index in [2.05, 4.69) is 32.3 Å². The second kappa shape index (κ2) is 5.79. The lowest BCUT2D eigenvalue weighted by Gasteiger charge is -2.01. The molecule has 0 amide bonds. The Hall–Kier alpha value is -0.810. The first-order chi connectivity index (χ1) is 5.65. The van der Waals surface area contributed by atoms with Crippen molar-refractivity contribution in [2.45, 2.75) is 6.42 Å². The summed E-state index contributed by atoms with van der Waals surface area (Å²) in [6.45, 7) is 0. The van der Waals surface area contributed by atoms with E-state index in [-0.39, 0.29) is 6.29 Å². The van der Waals surface area contributed by atoms with E-state index >= 15 is 0 Å². The highest BCUT2D eigenvalue weighted by molar-refractivity contribution is 6.15. The van der Waals surface area contributed by atoms with Gasteiger partial charge in [0.25, 0.3) is 0 Å². The molecule has 1 unspecified atom stereocenters. The molecular weight excluding hydrogens is 211 g/mol. The number of aldehydes is 1. The zero-order chi connectivity index (χ0) is 9.56. The first kappa shape index (κ1) is 11.2. The number of hydrogen-bond acceptors (Lipinski definition) is 5. The lowest BCUT2D eigenvalue weighted by atomic mass is 10.1. The minimum atomic E-state index is -1.27. The van der Waals surface area contributed by atoms with Gasteiger partial charge >= 0.3 is 11.9 Å². The van der Waals surface area contributed by atoms with Crippen molar-refractivity contribution < 1.29 is 23.0 Å². The molecule has 0 aliphatic carbocycles. The van der Waals surface area contributed by atoms with Gasteiger partial charge in [-0.2, -0.15) is 0 Å². The highest BCUT2D eigenvalue weighted by Crippen LogP contribution is 2.06. The third-order valence-electron chi connectivity index (χ3n) is 1.02. The average molecular weight is 215 g/mol. The molecule has 68 valence electrons. The fourth-order valence-corrected chi connectivity index (χ4v) is 0.633. The molecule has 5 nitrogen and oxygen atoms in total. The van der Waals surface area contributed by atoms with Crippen molar-refractivity contribution in [2.24, 2.45) is 5.92 Å². The average Bonchev–Trinajstić information content (AvgIpc) is 2.12. The molecule has 0 aliphatic heterocycles. The van der Waals surface area contributed by atoms with Crippen LogP contribution in [-0.2, 0) is 23.0 Å². The van der Waals surface area contributed by atoms with Crippen molar-refractivity contribution in [3.05, 3.63) is 0 Å². The molecule has 12 heavy (non-hydrogen) atoms.